The largest absolute Gasteiger partial charge is 0.460 e. The number of rotatable bonds is 4. The van der Waals surface area contributed by atoms with E-state index in [0.29, 0.717) is 6.07 Å². The minimum atomic E-state index is -4.67. The molecule has 0 radical (unpaired) electrons. The molecule has 0 saturated carbocycles. The van der Waals surface area contributed by atoms with Gasteiger partial charge in [-0.1, -0.05) is 0 Å². The molecule has 1 heterocycles. The van der Waals surface area contributed by atoms with Gasteiger partial charge >= 0.3 is 12.1 Å². The third-order valence-electron chi connectivity index (χ3n) is 3.53. The monoisotopic (exact) mass is 393 g/mol. The van der Waals surface area contributed by atoms with Crippen molar-refractivity contribution in [1.82, 2.24) is 4.90 Å². The highest BCUT2D eigenvalue weighted by Crippen LogP contribution is 2.44. The number of hydrogen-bond acceptors (Lipinski definition) is 4. The first-order valence-corrected chi connectivity index (χ1v) is 8.93. The van der Waals surface area contributed by atoms with Crippen LogP contribution in [-0.2, 0) is 20.5 Å². The number of alkyl halides is 3. The van der Waals surface area contributed by atoms with Gasteiger partial charge in [0.25, 0.3) is 0 Å². The summed E-state index contributed by atoms with van der Waals surface area (Å²) in [4.78, 5) is 25.1. The van der Waals surface area contributed by atoms with Crippen molar-refractivity contribution in [2.45, 2.75) is 44.3 Å². The van der Waals surface area contributed by atoms with Gasteiger partial charge in [-0.3, -0.25) is 9.59 Å². The topological polar surface area (TPSA) is 46.6 Å². The average Bonchev–Trinajstić information content (AvgIpc) is 2.83. The van der Waals surface area contributed by atoms with Crippen molar-refractivity contribution in [3.8, 4) is 0 Å². The van der Waals surface area contributed by atoms with Crippen LogP contribution >= 0.6 is 11.8 Å². The Kier molecular flexibility index (Phi) is 5.89. The van der Waals surface area contributed by atoms with E-state index in [4.69, 9.17) is 4.74 Å². The van der Waals surface area contributed by atoms with E-state index in [1.165, 1.54) is 4.90 Å². The van der Waals surface area contributed by atoms with Crippen LogP contribution in [0.2, 0.25) is 0 Å². The summed E-state index contributed by atoms with van der Waals surface area (Å²) < 4.78 is 58.5. The Morgan fingerprint density at radius 2 is 1.96 bits per heavy atom. The van der Waals surface area contributed by atoms with Crippen LogP contribution in [0.15, 0.2) is 18.2 Å². The molecule has 1 aromatic rings. The molecule has 0 bridgehead atoms. The number of carbonyl (C=O) groups excluding carboxylic acids is 2. The molecule has 1 atom stereocenters. The van der Waals surface area contributed by atoms with E-state index in [1.54, 1.807) is 20.8 Å². The van der Waals surface area contributed by atoms with Crippen LogP contribution in [0, 0.1) is 5.82 Å². The predicted molar refractivity (Wildman–Crippen MR) is 88.8 cm³/mol. The fourth-order valence-corrected chi connectivity index (χ4v) is 3.80. The number of thioether (sulfide) groups is 1. The van der Waals surface area contributed by atoms with E-state index in [-0.39, 0.29) is 24.3 Å². The van der Waals surface area contributed by atoms with Crippen molar-refractivity contribution in [2.75, 3.05) is 12.3 Å². The molecular formula is C17H19F4NO3S. The Hall–Kier alpha value is -1.77. The second-order valence-corrected chi connectivity index (χ2v) is 7.88. The molecular weight excluding hydrogens is 374 g/mol. The molecule has 0 aliphatic carbocycles. The van der Waals surface area contributed by atoms with E-state index in [1.807, 2.05) is 0 Å². The second-order valence-electron chi connectivity index (χ2n) is 6.82. The van der Waals surface area contributed by atoms with E-state index < -0.39 is 40.4 Å². The quantitative estimate of drug-likeness (QED) is 0.570. The van der Waals surface area contributed by atoms with Crippen LogP contribution in [-0.4, -0.2) is 34.7 Å². The molecule has 1 fully saturated rings. The van der Waals surface area contributed by atoms with Gasteiger partial charge in [-0.25, -0.2) is 4.39 Å². The highest BCUT2D eigenvalue weighted by Gasteiger charge is 2.41. The van der Waals surface area contributed by atoms with Crippen LogP contribution < -0.4 is 0 Å². The van der Waals surface area contributed by atoms with Gasteiger partial charge in [0.15, 0.2) is 0 Å². The molecule has 1 aliphatic rings. The zero-order valence-electron chi connectivity index (χ0n) is 14.5. The van der Waals surface area contributed by atoms with Gasteiger partial charge in [-0.05, 0) is 44.5 Å². The Labute approximate surface area is 152 Å². The van der Waals surface area contributed by atoms with Crippen molar-refractivity contribution >= 4 is 23.6 Å². The van der Waals surface area contributed by atoms with Gasteiger partial charge in [0.05, 0.1) is 17.7 Å². The number of carbonyl (C=O) groups is 2. The summed E-state index contributed by atoms with van der Waals surface area (Å²) in [5.74, 6) is -1.82. The Morgan fingerprint density at radius 3 is 2.54 bits per heavy atom. The predicted octanol–water partition coefficient (Wildman–Crippen LogP) is 4.15. The lowest BCUT2D eigenvalue weighted by atomic mass is 10.1. The molecule has 1 aliphatic heterocycles. The Balaban J connectivity index is 2.23. The first-order chi connectivity index (χ1) is 11.9. The maximum Gasteiger partial charge on any atom is 0.416 e. The maximum atomic E-state index is 13.6. The highest BCUT2D eigenvalue weighted by molar-refractivity contribution is 8.00. The minimum absolute atomic E-state index is 0.0349. The van der Waals surface area contributed by atoms with Crippen molar-refractivity contribution in [1.29, 1.82) is 0 Å². The number of benzene rings is 1. The molecule has 1 amide bonds. The lowest BCUT2D eigenvalue weighted by Gasteiger charge is -2.27. The van der Waals surface area contributed by atoms with Crippen LogP contribution in [0.5, 0.6) is 0 Å². The van der Waals surface area contributed by atoms with E-state index in [2.05, 4.69) is 0 Å². The van der Waals surface area contributed by atoms with Crippen LogP contribution in [0.25, 0.3) is 0 Å². The van der Waals surface area contributed by atoms with Gasteiger partial charge in [-0.2, -0.15) is 13.2 Å². The smallest absolute Gasteiger partial charge is 0.416 e. The van der Waals surface area contributed by atoms with E-state index >= 15 is 0 Å². The normalized spacial score (nSPS) is 18.3. The molecule has 2 rings (SSSR count). The SMILES string of the molecule is CC(C)(C)OC(=O)CCN1C(=O)CSC1c1cc(F)ccc1C(F)(F)F. The summed E-state index contributed by atoms with van der Waals surface area (Å²) in [5.41, 5.74) is -2.02. The second kappa shape index (κ2) is 7.46. The van der Waals surface area contributed by atoms with E-state index in [0.717, 1.165) is 23.9 Å². The average molecular weight is 393 g/mol. The fourth-order valence-electron chi connectivity index (χ4n) is 2.55. The zero-order valence-corrected chi connectivity index (χ0v) is 15.3. The highest BCUT2D eigenvalue weighted by atomic mass is 32.2. The number of nitrogens with zero attached hydrogens (tertiary/aromatic N) is 1. The molecule has 9 heteroatoms. The van der Waals surface area contributed by atoms with Crippen molar-refractivity contribution < 1.29 is 31.9 Å². The van der Waals surface area contributed by atoms with Crippen molar-refractivity contribution in [3.05, 3.63) is 35.1 Å². The molecule has 0 aromatic heterocycles. The van der Waals surface area contributed by atoms with Gasteiger partial charge in [0.1, 0.15) is 16.8 Å². The first-order valence-electron chi connectivity index (χ1n) is 7.88. The van der Waals surface area contributed by atoms with Crippen LogP contribution in [0.1, 0.15) is 43.7 Å². The van der Waals surface area contributed by atoms with Crippen LogP contribution in [0.3, 0.4) is 0 Å². The number of hydrogen-bond donors (Lipinski definition) is 0. The number of amides is 1. The lowest BCUT2D eigenvalue weighted by molar-refractivity contribution is -0.155. The van der Waals surface area contributed by atoms with Gasteiger partial charge < -0.3 is 9.64 Å². The molecule has 4 nitrogen and oxygen atoms in total. The molecule has 1 unspecified atom stereocenters. The Bertz CT molecular complexity index is 700. The van der Waals surface area contributed by atoms with Crippen molar-refractivity contribution in [2.24, 2.45) is 0 Å². The number of halogens is 4. The Morgan fingerprint density at radius 1 is 1.31 bits per heavy atom. The summed E-state index contributed by atoms with van der Waals surface area (Å²) >= 11 is 0.973. The van der Waals surface area contributed by atoms with Crippen LogP contribution in [0.4, 0.5) is 17.6 Å². The lowest BCUT2D eigenvalue weighted by Crippen LogP contribution is -2.33. The third-order valence-corrected chi connectivity index (χ3v) is 4.77. The minimum Gasteiger partial charge on any atom is -0.460 e. The molecule has 1 aromatic carbocycles. The summed E-state index contributed by atoms with van der Waals surface area (Å²) in [5, 5.41) is -1.00. The molecule has 26 heavy (non-hydrogen) atoms. The number of esters is 1. The van der Waals surface area contributed by atoms with Gasteiger partial charge in [0, 0.05) is 6.54 Å². The zero-order chi connectivity index (χ0) is 19.7. The summed E-state index contributed by atoms with van der Waals surface area (Å²) in [6, 6.07) is 2.19. The molecule has 0 N–H and O–H groups in total. The standard InChI is InChI=1S/C17H19F4NO3S/c1-16(2,3)25-14(24)6-7-22-13(23)9-26-15(22)11-8-10(18)4-5-12(11)17(19,20)21/h4-5,8,15H,6-7,9H2,1-3H3. The maximum absolute atomic E-state index is 13.6. The summed E-state index contributed by atoms with van der Waals surface area (Å²) in [6.45, 7) is 4.96. The summed E-state index contributed by atoms with van der Waals surface area (Å²) in [7, 11) is 0. The fraction of sp³-hybridized carbons (Fsp3) is 0.529. The van der Waals surface area contributed by atoms with Crippen molar-refractivity contribution in [3.63, 3.8) is 0 Å². The number of ether oxygens (including phenoxy) is 1. The van der Waals surface area contributed by atoms with E-state index in [9.17, 15) is 27.2 Å². The molecule has 144 valence electrons. The first kappa shape index (κ1) is 20.5. The third kappa shape index (κ3) is 5.12. The van der Waals surface area contributed by atoms with Gasteiger partial charge in [-0.15, -0.1) is 11.8 Å². The molecule has 1 saturated heterocycles. The van der Waals surface area contributed by atoms with Gasteiger partial charge in [0.2, 0.25) is 5.91 Å². The summed E-state index contributed by atoms with van der Waals surface area (Å²) in [6.07, 6.45) is -4.83. The molecule has 0 spiro atoms.